The third-order valence-electron chi connectivity index (χ3n) is 1.49. The Labute approximate surface area is 56.9 Å². The third-order valence-corrected chi connectivity index (χ3v) is 4.48. The summed E-state index contributed by atoms with van der Waals surface area (Å²) in [7, 11) is 8.54. The number of hydrogen-bond acceptors (Lipinski definition) is 2. The van der Waals surface area contributed by atoms with Gasteiger partial charge in [0, 0.05) is 0 Å². The monoisotopic (exact) mass is 130 g/mol. The van der Waals surface area contributed by atoms with Crippen LogP contribution in [0.25, 0.3) is 0 Å². The fourth-order valence-corrected chi connectivity index (χ4v) is 1.39. The molecule has 0 spiro atoms. The van der Waals surface area contributed by atoms with E-state index < -0.39 is 14.6 Å². The molecule has 0 amide bonds. The molecule has 0 saturated heterocycles. The Morgan fingerprint density at radius 1 is 0.875 bits per heavy atom. The van der Waals surface area contributed by atoms with Crippen molar-refractivity contribution in [2.75, 3.05) is 28.2 Å². The average molecular weight is 130 g/mol. The van der Waals surface area contributed by atoms with Crippen molar-refractivity contribution >= 4 is 14.6 Å². The van der Waals surface area contributed by atoms with E-state index in [1.807, 2.05) is 0 Å². The van der Waals surface area contributed by atoms with Crippen LogP contribution in [0, 0.1) is 0 Å². The van der Waals surface area contributed by atoms with Gasteiger partial charge in [-0.25, -0.2) is 0 Å². The predicted octanol–water partition coefficient (Wildman–Crippen LogP) is 0.228. The molecule has 48 valence electrons. The molecule has 0 atom stereocenters. The molecule has 0 saturated carbocycles. The smallest absolute Gasteiger partial charge is 0.376 e. The van der Waals surface area contributed by atoms with Gasteiger partial charge in [0.05, 0.1) is 0 Å². The Morgan fingerprint density at radius 3 is 1.12 bits per heavy atom. The highest BCUT2D eigenvalue weighted by Gasteiger charge is 2.16. The number of nitrogens with zero attached hydrogens (tertiary/aromatic N) is 2. The van der Waals surface area contributed by atoms with Crippen LogP contribution >= 0.6 is 0 Å². The second-order valence-corrected chi connectivity index (χ2v) is 5.89. The fraction of sp³-hybridized carbons (Fsp3) is 1.00. The lowest BCUT2D eigenvalue weighted by atomic mass is 11.2. The van der Waals surface area contributed by atoms with Gasteiger partial charge < -0.3 is 7.77 Å². The van der Waals surface area contributed by atoms with E-state index >= 15 is 0 Å². The molecule has 0 aromatic heterocycles. The van der Waals surface area contributed by atoms with E-state index in [0.29, 0.717) is 0 Å². The molecule has 0 unspecified atom stereocenters. The molecule has 0 fully saturated rings. The first-order chi connectivity index (χ1) is 3.55. The molecule has 0 bridgehead atoms. The molecule has 0 aromatic carbocycles. The quantitative estimate of drug-likeness (QED) is 0.494. The first kappa shape index (κ1) is 8.45. The van der Waals surface area contributed by atoms with E-state index in [2.05, 4.69) is 41.7 Å². The Hall–Kier alpha value is 0.452. The molecular weight excluding hydrogens is 115 g/mol. The van der Waals surface area contributed by atoms with Crippen LogP contribution in [0.1, 0.15) is 0 Å². The zero-order valence-electron chi connectivity index (χ0n) is 6.47. The van der Waals surface area contributed by atoms with Gasteiger partial charge in [-0.2, -0.15) is 0 Å². The number of hydrogen-bond donors (Lipinski definition) is 0. The van der Waals surface area contributed by atoms with Crippen molar-refractivity contribution < 1.29 is 0 Å². The average Bonchev–Trinajstić information content (AvgIpc) is 1.64. The second kappa shape index (κ2) is 3.47. The summed E-state index contributed by atoms with van der Waals surface area (Å²) in [4.78, 5) is 0. The largest absolute Gasteiger partial charge is 0.484 e. The van der Waals surface area contributed by atoms with Crippen LogP contribution in [-0.4, -0.2) is 50.5 Å². The second-order valence-electron chi connectivity index (χ2n) is 2.56. The summed E-state index contributed by atoms with van der Waals surface area (Å²) in [5.41, 5.74) is 0. The zero-order valence-corrected chi connectivity index (χ0v) is 7.63. The van der Waals surface area contributed by atoms with Gasteiger partial charge in [0.1, 0.15) is 0 Å². The normalized spacial score (nSPS) is 10.9. The minimum atomic E-state index is -0.682. The van der Waals surface area contributed by atoms with Gasteiger partial charge >= 0.3 is 14.6 Å². The molecule has 0 aliphatic heterocycles. The van der Waals surface area contributed by atoms with Crippen molar-refractivity contribution in [1.29, 1.82) is 0 Å². The van der Waals surface area contributed by atoms with Crippen molar-refractivity contribution in [2.24, 2.45) is 0 Å². The molecule has 0 aliphatic carbocycles. The molecule has 0 radical (unpaired) electrons. The lowest BCUT2D eigenvalue weighted by Gasteiger charge is -2.20. The Balaban J connectivity index is 3.46. The maximum absolute atomic E-state index is 2.31. The van der Waals surface area contributed by atoms with Crippen LogP contribution in [-0.2, 0) is 0 Å². The van der Waals surface area contributed by atoms with Crippen LogP contribution in [0.3, 0.4) is 0 Å². The zero-order chi connectivity index (χ0) is 6.73. The highest BCUT2D eigenvalue weighted by molar-refractivity contribution is 6.50. The molecule has 0 aromatic rings. The minimum Gasteiger partial charge on any atom is -0.376 e. The van der Waals surface area contributed by atoms with E-state index in [4.69, 9.17) is 0 Å². The van der Waals surface area contributed by atoms with Crippen molar-refractivity contribution in [3.05, 3.63) is 0 Å². The highest BCUT2D eigenvalue weighted by Crippen LogP contribution is 1.87. The predicted molar refractivity (Wildman–Crippen MR) is 39.0 cm³/mol. The summed E-state index contributed by atoms with van der Waals surface area (Å²) < 4.78 is 4.61. The third kappa shape index (κ3) is 2.69. The highest BCUT2D eigenvalue weighted by atomic mass is 27.2. The van der Waals surface area contributed by atoms with Crippen LogP contribution in [0.2, 0.25) is 5.79 Å². The molecule has 8 heavy (non-hydrogen) atoms. The van der Waals surface area contributed by atoms with Crippen LogP contribution in [0.4, 0.5) is 0 Å². The lowest BCUT2D eigenvalue weighted by molar-refractivity contribution is 0.524. The van der Waals surface area contributed by atoms with Crippen molar-refractivity contribution in [1.82, 2.24) is 7.77 Å². The van der Waals surface area contributed by atoms with E-state index in [-0.39, 0.29) is 0 Å². The van der Waals surface area contributed by atoms with Crippen LogP contribution < -0.4 is 0 Å². The standard InChI is InChI=1S/2C2H6N.CH3.Al/c2*1-3-2;;/h2*1-2H3;1H3;/q2*-1;;+2. The van der Waals surface area contributed by atoms with E-state index in [9.17, 15) is 0 Å². The molecule has 0 heterocycles. The Kier molecular flexibility index (Phi) is 3.67. The molecule has 0 aliphatic rings. The number of rotatable bonds is 2. The van der Waals surface area contributed by atoms with Gasteiger partial charge in [0.15, 0.2) is 0 Å². The fourth-order valence-electron chi connectivity index (χ4n) is 0.462. The summed E-state index contributed by atoms with van der Waals surface area (Å²) in [5, 5.41) is 0. The maximum Gasteiger partial charge on any atom is 0.484 e. The molecular formula is C5H15AlN2. The molecule has 3 heteroatoms. The van der Waals surface area contributed by atoms with Crippen LogP contribution in [0.5, 0.6) is 0 Å². The molecule has 0 rings (SSSR count). The summed E-state index contributed by atoms with van der Waals surface area (Å²) in [6.45, 7) is 0. The molecule has 0 N–H and O–H groups in total. The van der Waals surface area contributed by atoms with Crippen molar-refractivity contribution in [3.63, 3.8) is 0 Å². The maximum atomic E-state index is 2.31. The van der Waals surface area contributed by atoms with Gasteiger partial charge in [-0.05, 0) is 28.2 Å². The Morgan fingerprint density at radius 2 is 1.12 bits per heavy atom. The first-order valence-electron chi connectivity index (χ1n) is 2.88. The van der Waals surface area contributed by atoms with Gasteiger partial charge in [0.25, 0.3) is 0 Å². The topological polar surface area (TPSA) is 6.48 Å². The van der Waals surface area contributed by atoms with Gasteiger partial charge in [0.2, 0.25) is 0 Å². The van der Waals surface area contributed by atoms with Gasteiger partial charge in [-0.15, -0.1) is 0 Å². The minimum absolute atomic E-state index is 0.682. The van der Waals surface area contributed by atoms with E-state index in [1.165, 1.54) is 0 Å². The van der Waals surface area contributed by atoms with Crippen LogP contribution in [0.15, 0.2) is 0 Å². The first-order valence-corrected chi connectivity index (χ1v) is 5.07. The van der Waals surface area contributed by atoms with Crippen molar-refractivity contribution in [3.8, 4) is 0 Å². The summed E-state index contributed by atoms with van der Waals surface area (Å²) in [5.74, 6) is 2.31. The summed E-state index contributed by atoms with van der Waals surface area (Å²) in [6, 6.07) is 0. The summed E-state index contributed by atoms with van der Waals surface area (Å²) in [6.07, 6.45) is 0. The van der Waals surface area contributed by atoms with Gasteiger partial charge in [-0.3, -0.25) is 0 Å². The van der Waals surface area contributed by atoms with E-state index in [0.717, 1.165) is 0 Å². The SMILES string of the molecule is C[N](C)[Al]([CH3])[N](C)C. The van der Waals surface area contributed by atoms with Gasteiger partial charge in [-0.1, -0.05) is 5.79 Å². The van der Waals surface area contributed by atoms with Crippen molar-refractivity contribution in [2.45, 2.75) is 5.79 Å². The Bertz CT molecular complexity index is 55.4. The van der Waals surface area contributed by atoms with E-state index in [1.54, 1.807) is 0 Å². The lowest BCUT2D eigenvalue weighted by Crippen LogP contribution is -2.42. The summed E-state index contributed by atoms with van der Waals surface area (Å²) >= 11 is -0.682. The molecule has 2 nitrogen and oxygen atoms in total.